The largest absolute Gasteiger partial charge is 0.383 e. The van der Waals surface area contributed by atoms with Crippen LogP contribution in [0, 0.1) is 0 Å². The van der Waals surface area contributed by atoms with Gasteiger partial charge in [-0.15, -0.1) is 0 Å². The predicted molar refractivity (Wildman–Crippen MR) is 58.4 cm³/mol. The second-order valence-electron chi connectivity index (χ2n) is 4.30. The highest BCUT2D eigenvalue weighted by Crippen LogP contribution is 2.31. The molecule has 3 N–H and O–H groups in total. The normalized spacial score (nSPS) is 17.9. The first-order valence-electron chi connectivity index (χ1n) is 5.14. The zero-order valence-corrected chi connectivity index (χ0v) is 8.79. The minimum atomic E-state index is -0.122. The molecular formula is C11H15N3O. The average molecular weight is 205 g/mol. The van der Waals surface area contributed by atoms with Crippen molar-refractivity contribution >= 4 is 11.7 Å². The highest BCUT2D eigenvalue weighted by molar-refractivity contribution is 5.98. The molecule has 15 heavy (non-hydrogen) atoms. The summed E-state index contributed by atoms with van der Waals surface area (Å²) in [6.45, 7) is 2.06. The molecule has 0 bridgehead atoms. The van der Waals surface area contributed by atoms with Crippen molar-refractivity contribution in [3.63, 3.8) is 0 Å². The molecule has 0 unspecified atom stereocenters. The number of carbonyl (C=O) groups excluding carboxylic acids is 1. The lowest BCUT2D eigenvalue weighted by molar-refractivity contribution is 0.0851. The number of amides is 1. The van der Waals surface area contributed by atoms with Crippen LogP contribution in [0.3, 0.4) is 0 Å². The summed E-state index contributed by atoms with van der Waals surface area (Å²) in [7, 11) is 0. The average Bonchev–Trinajstić information content (AvgIpc) is 2.16. The third kappa shape index (κ3) is 1.93. The highest BCUT2D eigenvalue weighted by atomic mass is 16.1. The fourth-order valence-electron chi connectivity index (χ4n) is 1.78. The van der Waals surface area contributed by atoms with Crippen molar-refractivity contribution in [2.24, 2.45) is 0 Å². The standard InChI is InChI=1S/C11H15N3O/c1-11(5-3-6-11)14-10(15)8-4-2-7-13-9(8)12/h2,4,7H,3,5-6H2,1H3,(H2,12,13)(H,14,15). The maximum Gasteiger partial charge on any atom is 0.255 e. The number of nitrogens with zero attached hydrogens (tertiary/aromatic N) is 1. The molecule has 0 saturated heterocycles. The van der Waals surface area contributed by atoms with Gasteiger partial charge in [0.1, 0.15) is 5.82 Å². The number of carbonyl (C=O) groups is 1. The number of aromatic nitrogens is 1. The molecule has 0 atom stereocenters. The van der Waals surface area contributed by atoms with Crippen LogP contribution in [0.15, 0.2) is 18.3 Å². The first kappa shape index (κ1) is 9.96. The van der Waals surface area contributed by atoms with Crippen LogP contribution in [0.5, 0.6) is 0 Å². The first-order chi connectivity index (χ1) is 7.11. The molecule has 1 fully saturated rings. The molecule has 1 aliphatic rings. The lowest BCUT2D eigenvalue weighted by atomic mass is 9.78. The summed E-state index contributed by atoms with van der Waals surface area (Å²) in [5.74, 6) is 0.167. The summed E-state index contributed by atoms with van der Waals surface area (Å²) in [5.41, 5.74) is 6.05. The number of hydrogen-bond acceptors (Lipinski definition) is 3. The van der Waals surface area contributed by atoms with Crippen molar-refractivity contribution in [1.82, 2.24) is 10.3 Å². The molecule has 1 heterocycles. The van der Waals surface area contributed by atoms with Crippen LogP contribution in [0.2, 0.25) is 0 Å². The third-order valence-electron chi connectivity index (χ3n) is 2.96. The lowest BCUT2D eigenvalue weighted by Gasteiger charge is -2.39. The Morgan fingerprint density at radius 2 is 2.33 bits per heavy atom. The fourth-order valence-corrected chi connectivity index (χ4v) is 1.78. The molecule has 1 saturated carbocycles. The number of nitrogens with two attached hydrogens (primary N) is 1. The summed E-state index contributed by atoms with van der Waals surface area (Å²) in [6, 6.07) is 3.41. The van der Waals surface area contributed by atoms with Gasteiger partial charge in [-0.05, 0) is 38.3 Å². The van der Waals surface area contributed by atoms with Crippen LogP contribution >= 0.6 is 0 Å². The van der Waals surface area contributed by atoms with E-state index < -0.39 is 0 Å². The monoisotopic (exact) mass is 205 g/mol. The van der Waals surface area contributed by atoms with Gasteiger partial charge in [-0.3, -0.25) is 4.79 Å². The first-order valence-corrected chi connectivity index (χ1v) is 5.14. The minimum Gasteiger partial charge on any atom is -0.383 e. The number of nitrogen functional groups attached to an aromatic ring is 1. The summed E-state index contributed by atoms with van der Waals surface area (Å²) in [6.07, 6.45) is 4.84. The van der Waals surface area contributed by atoms with Crippen molar-refractivity contribution < 1.29 is 4.79 Å². The summed E-state index contributed by atoms with van der Waals surface area (Å²) in [5, 5.41) is 2.99. The van der Waals surface area contributed by atoms with Gasteiger partial charge >= 0.3 is 0 Å². The van der Waals surface area contributed by atoms with E-state index in [9.17, 15) is 4.79 Å². The molecule has 80 valence electrons. The molecule has 4 heteroatoms. The second-order valence-corrected chi connectivity index (χ2v) is 4.30. The summed E-state index contributed by atoms with van der Waals surface area (Å²) < 4.78 is 0. The lowest BCUT2D eigenvalue weighted by Crippen LogP contribution is -2.51. The molecule has 0 aliphatic heterocycles. The molecule has 0 spiro atoms. The Morgan fingerprint density at radius 1 is 1.60 bits per heavy atom. The van der Waals surface area contributed by atoms with E-state index in [2.05, 4.69) is 17.2 Å². The van der Waals surface area contributed by atoms with Gasteiger partial charge in [0.05, 0.1) is 5.56 Å². The Labute approximate surface area is 88.9 Å². The van der Waals surface area contributed by atoms with E-state index in [1.54, 1.807) is 18.3 Å². The van der Waals surface area contributed by atoms with Gasteiger partial charge in [0.15, 0.2) is 0 Å². The Morgan fingerprint density at radius 3 is 2.87 bits per heavy atom. The van der Waals surface area contributed by atoms with Gasteiger partial charge in [-0.25, -0.2) is 4.98 Å². The fraction of sp³-hybridized carbons (Fsp3) is 0.455. The molecule has 0 radical (unpaired) electrons. The van der Waals surface area contributed by atoms with Crippen LogP contribution in [0.1, 0.15) is 36.5 Å². The van der Waals surface area contributed by atoms with Gasteiger partial charge in [-0.2, -0.15) is 0 Å². The summed E-state index contributed by atoms with van der Waals surface area (Å²) >= 11 is 0. The quantitative estimate of drug-likeness (QED) is 0.765. The van der Waals surface area contributed by atoms with E-state index in [1.807, 2.05) is 0 Å². The molecule has 0 aromatic carbocycles. The van der Waals surface area contributed by atoms with Gasteiger partial charge in [-0.1, -0.05) is 0 Å². The molecule has 1 aromatic heterocycles. The zero-order chi connectivity index (χ0) is 10.9. The smallest absolute Gasteiger partial charge is 0.255 e. The number of anilines is 1. The Bertz CT molecular complexity index is 385. The molecule has 1 aromatic rings. The Balaban J connectivity index is 2.11. The second kappa shape index (κ2) is 3.53. The number of nitrogens with one attached hydrogen (secondary N) is 1. The summed E-state index contributed by atoms with van der Waals surface area (Å²) in [4.78, 5) is 15.7. The van der Waals surface area contributed by atoms with E-state index in [-0.39, 0.29) is 17.3 Å². The number of rotatable bonds is 2. The van der Waals surface area contributed by atoms with Crippen molar-refractivity contribution in [1.29, 1.82) is 0 Å². The van der Waals surface area contributed by atoms with E-state index >= 15 is 0 Å². The molecule has 4 nitrogen and oxygen atoms in total. The molecule has 1 aliphatic carbocycles. The van der Waals surface area contributed by atoms with Crippen molar-refractivity contribution in [2.45, 2.75) is 31.7 Å². The number of hydrogen-bond donors (Lipinski definition) is 2. The van der Waals surface area contributed by atoms with Crippen molar-refractivity contribution in [3.8, 4) is 0 Å². The molecule has 1 amide bonds. The van der Waals surface area contributed by atoms with E-state index in [0.29, 0.717) is 5.56 Å². The highest BCUT2D eigenvalue weighted by Gasteiger charge is 2.33. The van der Waals surface area contributed by atoms with Gasteiger partial charge in [0.25, 0.3) is 5.91 Å². The van der Waals surface area contributed by atoms with Crippen LogP contribution in [0.4, 0.5) is 5.82 Å². The maximum atomic E-state index is 11.8. The molecular weight excluding hydrogens is 190 g/mol. The van der Waals surface area contributed by atoms with Crippen molar-refractivity contribution in [2.75, 3.05) is 5.73 Å². The minimum absolute atomic E-state index is 0.0423. The van der Waals surface area contributed by atoms with Crippen LogP contribution in [-0.2, 0) is 0 Å². The van der Waals surface area contributed by atoms with Gasteiger partial charge < -0.3 is 11.1 Å². The maximum absolute atomic E-state index is 11.8. The SMILES string of the molecule is CC1(NC(=O)c2cccnc2N)CCC1. The molecule has 2 rings (SSSR count). The Kier molecular flexibility index (Phi) is 2.34. The van der Waals surface area contributed by atoms with E-state index in [0.717, 1.165) is 12.8 Å². The van der Waals surface area contributed by atoms with E-state index in [4.69, 9.17) is 5.73 Å². The predicted octanol–water partition coefficient (Wildman–Crippen LogP) is 1.34. The third-order valence-corrected chi connectivity index (χ3v) is 2.96. The zero-order valence-electron chi connectivity index (χ0n) is 8.79. The van der Waals surface area contributed by atoms with Gasteiger partial charge in [0, 0.05) is 11.7 Å². The number of pyridine rings is 1. The van der Waals surface area contributed by atoms with Crippen LogP contribution in [-0.4, -0.2) is 16.4 Å². The Hall–Kier alpha value is -1.58. The van der Waals surface area contributed by atoms with Crippen LogP contribution < -0.4 is 11.1 Å². The van der Waals surface area contributed by atoms with Crippen molar-refractivity contribution in [3.05, 3.63) is 23.9 Å². The van der Waals surface area contributed by atoms with Crippen LogP contribution in [0.25, 0.3) is 0 Å². The van der Waals surface area contributed by atoms with E-state index in [1.165, 1.54) is 6.42 Å². The van der Waals surface area contributed by atoms with Gasteiger partial charge in [0.2, 0.25) is 0 Å². The topological polar surface area (TPSA) is 68.0 Å².